The average molecular weight is 943 g/mol. The van der Waals surface area contributed by atoms with Gasteiger partial charge in [0.15, 0.2) is 0 Å². The van der Waals surface area contributed by atoms with Gasteiger partial charge in [0.2, 0.25) is 5.91 Å². The van der Waals surface area contributed by atoms with E-state index in [4.69, 9.17) is 4.74 Å². The molecule has 3 atom stereocenters. The van der Waals surface area contributed by atoms with E-state index in [1.165, 1.54) is 205 Å². The van der Waals surface area contributed by atoms with Crippen LogP contribution in [0.1, 0.15) is 316 Å². The highest BCUT2D eigenvalue weighted by atomic mass is 16.5. The van der Waals surface area contributed by atoms with E-state index in [0.717, 1.165) is 64.2 Å². The van der Waals surface area contributed by atoms with Crippen LogP contribution >= 0.6 is 0 Å². The number of ether oxygens (including phenoxy) is 1. The van der Waals surface area contributed by atoms with Gasteiger partial charge in [0, 0.05) is 6.42 Å². The van der Waals surface area contributed by atoms with Crippen LogP contribution in [0.25, 0.3) is 0 Å². The van der Waals surface area contributed by atoms with Crippen molar-refractivity contribution >= 4 is 11.9 Å². The quantitative estimate of drug-likeness (QED) is 0.0321. The molecule has 0 aliphatic rings. The topological polar surface area (TPSA) is 95.9 Å². The lowest BCUT2D eigenvalue weighted by Crippen LogP contribution is -2.46. The molecular formula is C61H115NO5. The SMILES string of the molecule is CCCCC/C=C\C/C=C\CCCCCCCCCC(CC(=O)NC(CO)C(O)CCCCCCCCCCCCCCCC)OC(=O)CCCCCCCCC/C=C/CCCCCCCC. The fourth-order valence-electron chi connectivity index (χ4n) is 9.16. The molecule has 0 radical (unpaired) electrons. The summed E-state index contributed by atoms with van der Waals surface area (Å²) in [6.07, 6.45) is 66.3. The standard InChI is InChI=1S/C61H115NO5/c1-4-7-10-13-16-19-22-25-28-30-32-34-37-40-43-46-49-52-57(67-61(66)54-51-48-45-42-39-36-33-31-29-26-23-20-17-14-11-8-5-2)55-60(65)62-58(56-63)59(64)53-50-47-44-41-38-35-27-24-21-18-15-12-9-6-3/h16,19,25-26,28-29,57-59,63-64H,4-15,17-18,20-24,27,30-56H2,1-3H3,(H,62,65)/b19-16-,28-25-,29-26+. The number of aliphatic hydroxyl groups is 2. The zero-order valence-electron chi connectivity index (χ0n) is 45.0. The van der Waals surface area contributed by atoms with E-state index in [-0.39, 0.29) is 24.9 Å². The van der Waals surface area contributed by atoms with E-state index in [1.807, 2.05) is 0 Å². The van der Waals surface area contributed by atoms with Gasteiger partial charge in [-0.1, -0.05) is 256 Å². The normalized spacial score (nSPS) is 13.3. The van der Waals surface area contributed by atoms with Gasteiger partial charge in [-0.25, -0.2) is 0 Å². The summed E-state index contributed by atoms with van der Waals surface area (Å²) in [4.78, 5) is 26.3. The number of aliphatic hydroxyl groups excluding tert-OH is 2. The molecule has 0 bridgehead atoms. The van der Waals surface area contributed by atoms with E-state index in [2.05, 4.69) is 62.5 Å². The van der Waals surface area contributed by atoms with E-state index >= 15 is 0 Å². The summed E-state index contributed by atoms with van der Waals surface area (Å²) < 4.78 is 5.97. The summed E-state index contributed by atoms with van der Waals surface area (Å²) in [5, 5.41) is 23.9. The summed E-state index contributed by atoms with van der Waals surface area (Å²) in [5.74, 6) is -0.471. The molecule has 3 unspecified atom stereocenters. The van der Waals surface area contributed by atoms with Crippen molar-refractivity contribution in [2.75, 3.05) is 6.61 Å². The number of hydrogen-bond acceptors (Lipinski definition) is 5. The van der Waals surface area contributed by atoms with Gasteiger partial charge in [-0.15, -0.1) is 0 Å². The molecule has 0 heterocycles. The van der Waals surface area contributed by atoms with Crippen LogP contribution in [0.3, 0.4) is 0 Å². The molecule has 1 amide bonds. The van der Waals surface area contributed by atoms with E-state index in [9.17, 15) is 19.8 Å². The van der Waals surface area contributed by atoms with E-state index < -0.39 is 18.2 Å². The third-order valence-corrected chi connectivity index (χ3v) is 13.7. The summed E-state index contributed by atoms with van der Waals surface area (Å²) in [7, 11) is 0. The second kappa shape index (κ2) is 55.0. The molecule has 0 rings (SSSR count). The van der Waals surface area contributed by atoms with Crippen LogP contribution in [-0.2, 0) is 14.3 Å². The molecule has 6 nitrogen and oxygen atoms in total. The number of rotatable bonds is 54. The van der Waals surface area contributed by atoms with Crippen LogP contribution in [-0.4, -0.2) is 46.9 Å². The number of amides is 1. The largest absolute Gasteiger partial charge is 0.462 e. The Kier molecular flexibility index (Phi) is 53.4. The minimum absolute atomic E-state index is 0.0736. The first kappa shape index (κ1) is 65.1. The fourth-order valence-corrected chi connectivity index (χ4v) is 9.16. The number of hydrogen-bond donors (Lipinski definition) is 3. The molecule has 0 spiro atoms. The van der Waals surface area contributed by atoms with Gasteiger partial charge in [0.1, 0.15) is 6.10 Å². The molecule has 0 aromatic heterocycles. The number of allylic oxidation sites excluding steroid dienone is 6. The van der Waals surface area contributed by atoms with Crippen molar-refractivity contribution in [1.82, 2.24) is 5.32 Å². The monoisotopic (exact) mass is 942 g/mol. The summed E-state index contributed by atoms with van der Waals surface area (Å²) in [6.45, 7) is 6.49. The van der Waals surface area contributed by atoms with Gasteiger partial charge in [0.05, 0.1) is 25.2 Å². The molecular weight excluding hydrogens is 827 g/mol. The molecule has 0 aromatic carbocycles. The molecule has 0 saturated heterocycles. The maximum atomic E-state index is 13.3. The lowest BCUT2D eigenvalue weighted by atomic mass is 10.0. The summed E-state index contributed by atoms with van der Waals surface area (Å²) >= 11 is 0. The lowest BCUT2D eigenvalue weighted by molar-refractivity contribution is -0.151. The molecule has 0 aromatic rings. The van der Waals surface area contributed by atoms with Crippen molar-refractivity contribution in [1.29, 1.82) is 0 Å². The van der Waals surface area contributed by atoms with Crippen molar-refractivity contribution < 1.29 is 24.5 Å². The Morgan fingerprint density at radius 1 is 0.433 bits per heavy atom. The van der Waals surface area contributed by atoms with Crippen molar-refractivity contribution in [3.63, 3.8) is 0 Å². The first-order valence-corrected chi connectivity index (χ1v) is 29.7. The Morgan fingerprint density at radius 2 is 0.761 bits per heavy atom. The second-order valence-electron chi connectivity index (χ2n) is 20.4. The van der Waals surface area contributed by atoms with Gasteiger partial charge in [-0.05, 0) is 83.5 Å². The Morgan fingerprint density at radius 3 is 1.18 bits per heavy atom. The molecule has 0 aliphatic heterocycles. The van der Waals surface area contributed by atoms with Crippen molar-refractivity contribution in [2.45, 2.75) is 334 Å². The minimum atomic E-state index is -0.790. The number of nitrogens with one attached hydrogen (secondary N) is 1. The van der Waals surface area contributed by atoms with Crippen LogP contribution in [0.2, 0.25) is 0 Å². The Balaban J connectivity index is 4.56. The van der Waals surface area contributed by atoms with Crippen molar-refractivity contribution in [3.8, 4) is 0 Å². The molecule has 67 heavy (non-hydrogen) atoms. The molecule has 394 valence electrons. The van der Waals surface area contributed by atoms with Crippen molar-refractivity contribution in [3.05, 3.63) is 36.5 Å². The summed E-state index contributed by atoms with van der Waals surface area (Å²) in [5.41, 5.74) is 0. The number of carbonyl (C=O) groups excluding carboxylic acids is 2. The Bertz CT molecular complexity index is 1100. The minimum Gasteiger partial charge on any atom is -0.462 e. The van der Waals surface area contributed by atoms with Gasteiger partial charge in [-0.3, -0.25) is 9.59 Å². The second-order valence-corrected chi connectivity index (χ2v) is 20.4. The van der Waals surface area contributed by atoms with Crippen LogP contribution < -0.4 is 5.32 Å². The summed E-state index contributed by atoms with van der Waals surface area (Å²) in [6, 6.07) is -0.704. The molecule has 0 saturated carbocycles. The fraction of sp³-hybridized carbons (Fsp3) is 0.869. The molecule has 6 heteroatoms. The van der Waals surface area contributed by atoms with Gasteiger partial charge in [-0.2, -0.15) is 0 Å². The van der Waals surface area contributed by atoms with E-state index in [1.54, 1.807) is 0 Å². The highest BCUT2D eigenvalue weighted by Gasteiger charge is 2.24. The van der Waals surface area contributed by atoms with Gasteiger partial charge < -0.3 is 20.3 Å². The first-order valence-electron chi connectivity index (χ1n) is 29.7. The number of esters is 1. The van der Waals surface area contributed by atoms with Crippen LogP contribution in [0.4, 0.5) is 0 Å². The van der Waals surface area contributed by atoms with Crippen LogP contribution in [0, 0.1) is 0 Å². The zero-order chi connectivity index (χ0) is 48.8. The predicted molar refractivity (Wildman–Crippen MR) is 292 cm³/mol. The first-order chi connectivity index (χ1) is 33.0. The Labute approximate surface area is 417 Å². The smallest absolute Gasteiger partial charge is 0.306 e. The lowest BCUT2D eigenvalue weighted by Gasteiger charge is -2.24. The highest BCUT2D eigenvalue weighted by Crippen LogP contribution is 2.19. The maximum Gasteiger partial charge on any atom is 0.306 e. The highest BCUT2D eigenvalue weighted by molar-refractivity contribution is 5.77. The van der Waals surface area contributed by atoms with Crippen LogP contribution in [0.15, 0.2) is 36.5 Å². The van der Waals surface area contributed by atoms with Gasteiger partial charge in [0.25, 0.3) is 0 Å². The molecule has 0 aliphatic carbocycles. The Hall–Kier alpha value is -1.92. The van der Waals surface area contributed by atoms with Gasteiger partial charge >= 0.3 is 5.97 Å². The molecule has 0 fully saturated rings. The van der Waals surface area contributed by atoms with E-state index in [0.29, 0.717) is 19.3 Å². The third kappa shape index (κ3) is 50.3. The number of unbranched alkanes of at least 4 members (excludes halogenated alkanes) is 36. The maximum absolute atomic E-state index is 13.3. The third-order valence-electron chi connectivity index (χ3n) is 13.7. The zero-order valence-corrected chi connectivity index (χ0v) is 45.0. The number of carbonyl (C=O) groups is 2. The molecule has 3 N–H and O–H groups in total. The van der Waals surface area contributed by atoms with Crippen molar-refractivity contribution in [2.24, 2.45) is 0 Å². The van der Waals surface area contributed by atoms with Crippen LogP contribution in [0.5, 0.6) is 0 Å². The predicted octanol–water partition coefficient (Wildman–Crippen LogP) is 18.4. The average Bonchev–Trinajstić information content (AvgIpc) is 3.32.